The molecule has 0 bridgehead atoms. The molecule has 15 heteroatoms. The van der Waals surface area contributed by atoms with Gasteiger partial charge in [0.2, 0.25) is 0 Å². The second-order valence-corrected chi connectivity index (χ2v) is 17.7. The van der Waals surface area contributed by atoms with Crippen LogP contribution in [0.1, 0.15) is 81.1 Å². The zero-order chi connectivity index (χ0) is 43.4. The zero-order valence-electron chi connectivity index (χ0n) is 36.8. The van der Waals surface area contributed by atoms with Crippen LogP contribution in [-0.2, 0) is 49.4 Å². The third-order valence-corrected chi connectivity index (χ3v) is 13.2. The highest BCUT2D eigenvalue weighted by Gasteiger charge is 2.61. The number of cyclic esters (lactones) is 1. The minimum absolute atomic E-state index is 0.128. The fourth-order valence-electron chi connectivity index (χ4n) is 9.78. The van der Waals surface area contributed by atoms with E-state index in [0.29, 0.717) is 19.5 Å². The number of likely N-dealkylation sites (N-methyl/N-ethyl adjacent to an activating group) is 1. The maximum atomic E-state index is 14.7. The molecule has 0 radical (unpaired) electrons. The van der Waals surface area contributed by atoms with Crippen LogP contribution in [0, 0.1) is 35.5 Å². The van der Waals surface area contributed by atoms with Crippen molar-refractivity contribution in [3.05, 3.63) is 37.1 Å². The summed E-state index contributed by atoms with van der Waals surface area (Å²) in [7, 11) is 5.25. The first kappa shape index (κ1) is 46.5. The number of rotatable bonds is 12. The van der Waals surface area contributed by atoms with Gasteiger partial charge in [-0.1, -0.05) is 27.7 Å². The molecule has 0 saturated carbocycles. The number of hydrogen-bond acceptors (Lipinski definition) is 14. The number of pyridine rings is 1. The van der Waals surface area contributed by atoms with E-state index < -0.39 is 89.0 Å². The average molecular weight is 826 g/mol. The fraction of sp³-hybridized carbons (Fsp3) is 0.727. The fourth-order valence-corrected chi connectivity index (χ4v) is 9.78. The molecule has 328 valence electrons. The van der Waals surface area contributed by atoms with E-state index in [1.165, 1.54) is 14.0 Å². The van der Waals surface area contributed by atoms with Crippen molar-refractivity contribution in [3.8, 4) is 11.3 Å². The number of aliphatic hydroxyl groups excluding tert-OH is 1. The second-order valence-electron chi connectivity index (χ2n) is 17.7. The Morgan fingerprint density at radius 3 is 2.42 bits per heavy atom. The molecular weight excluding hydrogens is 759 g/mol. The molecule has 3 aliphatic rings. The normalized spacial score (nSPS) is 37.5. The van der Waals surface area contributed by atoms with Gasteiger partial charge < -0.3 is 43.6 Å². The summed E-state index contributed by atoms with van der Waals surface area (Å²) in [5.41, 5.74) is -0.854. The predicted octanol–water partition coefficient (Wildman–Crippen LogP) is 4.10. The second kappa shape index (κ2) is 19.4. The molecule has 15 nitrogen and oxygen atoms in total. The molecule has 3 saturated heterocycles. The van der Waals surface area contributed by atoms with Crippen molar-refractivity contribution in [2.24, 2.45) is 35.5 Å². The number of fused-ring (bicyclic) bond motifs is 1. The zero-order valence-corrected chi connectivity index (χ0v) is 36.8. The van der Waals surface area contributed by atoms with Crippen molar-refractivity contribution in [1.82, 2.24) is 24.8 Å². The van der Waals surface area contributed by atoms with E-state index in [1.807, 2.05) is 69.6 Å². The number of imidazole rings is 1. The molecule has 5 rings (SSSR count). The Morgan fingerprint density at radius 2 is 1.78 bits per heavy atom. The first-order valence-corrected chi connectivity index (χ1v) is 21.2. The summed E-state index contributed by atoms with van der Waals surface area (Å²) in [6, 6.07) is 3.55. The van der Waals surface area contributed by atoms with Crippen LogP contribution in [-0.4, -0.2) is 130 Å². The van der Waals surface area contributed by atoms with Gasteiger partial charge in [-0.15, -0.1) is 0 Å². The van der Waals surface area contributed by atoms with Crippen molar-refractivity contribution in [2.45, 2.75) is 136 Å². The number of ketones is 2. The van der Waals surface area contributed by atoms with Gasteiger partial charge in [0.1, 0.15) is 23.9 Å². The number of hydrogen-bond donors (Lipinski definition) is 2. The predicted molar refractivity (Wildman–Crippen MR) is 219 cm³/mol. The standard InChI is InChI=1S/C44H67N5O10/c1-12-34-44(8)35(31(41(54)59-44)22-46-17-14-18-49-23-32(47-24-49)30-15-13-16-45-21-30)27(4)36(50)25(2)20-43(7,55-11)39(28(5)37(51)29(6)40(53)57-34)58-42-38(52)33(48(9)10)19-26(3)56-42/h13,15-16,21,23-29,31,33-35,38-39,42,46,52H,12,14,17-20,22H2,1-11H3/t25-,26-,27-,28?,29-,31?,33+,34-,35+,38-,39-,42+,43-,44-/m1/s1. The smallest absolute Gasteiger partial charge is 0.316 e. The summed E-state index contributed by atoms with van der Waals surface area (Å²) < 4.78 is 33.3. The number of esters is 2. The molecule has 0 aromatic carbocycles. The number of aromatic nitrogens is 3. The van der Waals surface area contributed by atoms with E-state index in [4.69, 9.17) is 23.7 Å². The van der Waals surface area contributed by atoms with E-state index in [0.717, 1.165) is 17.7 Å². The molecule has 3 aliphatic heterocycles. The van der Waals surface area contributed by atoms with Crippen LogP contribution in [0.4, 0.5) is 0 Å². The Morgan fingerprint density at radius 1 is 1.05 bits per heavy atom. The van der Waals surface area contributed by atoms with Crippen LogP contribution in [0.3, 0.4) is 0 Å². The molecule has 3 fully saturated rings. The molecule has 5 heterocycles. The van der Waals surface area contributed by atoms with Crippen LogP contribution in [0.2, 0.25) is 0 Å². The van der Waals surface area contributed by atoms with Crippen LogP contribution in [0.25, 0.3) is 11.3 Å². The number of carbonyl (C=O) groups excluding carboxylic acids is 4. The molecule has 0 aliphatic carbocycles. The van der Waals surface area contributed by atoms with Gasteiger partial charge in [0.05, 0.1) is 35.7 Å². The number of aryl methyl sites for hydroxylation is 1. The topological polar surface area (TPSA) is 181 Å². The summed E-state index contributed by atoms with van der Waals surface area (Å²) in [4.78, 5) is 67.5. The largest absolute Gasteiger partial charge is 0.458 e. The van der Waals surface area contributed by atoms with Crippen LogP contribution >= 0.6 is 0 Å². The molecule has 2 unspecified atom stereocenters. The Kier molecular flexibility index (Phi) is 15.3. The maximum absolute atomic E-state index is 14.7. The van der Waals surface area contributed by atoms with E-state index in [-0.39, 0.29) is 37.3 Å². The first-order chi connectivity index (χ1) is 27.9. The molecule has 2 aromatic heterocycles. The summed E-state index contributed by atoms with van der Waals surface area (Å²) in [6.07, 6.45) is 4.57. The van der Waals surface area contributed by atoms with Crippen molar-refractivity contribution in [2.75, 3.05) is 34.3 Å². The number of Topliss-reactive ketones (excluding diaryl/α,β-unsaturated/α-hetero) is 2. The monoisotopic (exact) mass is 825 g/mol. The van der Waals surface area contributed by atoms with E-state index >= 15 is 0 Å². The molecule has 2 aromatic rings. The number of nitrogens with one attached hydrogen (secondary N) is 1. The van der Waals surface area contributed by atoms with Crippen molar-refractivity contribution >= 4 is 23.5 Å². The van der Waals surface area contributed by atoms with E-state index in [2.05, 4.69) is 15.3 Å². The molecule has 0 amide bonds. The number of methoxy groups -OCH3 is 1. The van der Waals surface area contributed by atoms with Crippen LogP contribution in [0.5, 0.6) is 0 Å². The van der Waals surface area contributed by atoms with Gasteiger partial charge in [0, 0.05) is 74.1 Å². The van der Waals surface area contributed by atoms with E-state index in [1.54, 1.807) is 39.5 Å². The summed E-state index contributed by atoms with van der Waals surface area (Å²) in [5.74, 6) is -6.72. The highest BCUT2D eigenvalue weighted by atomic mass is 16.7. The summed E-state index contributed by atoms with van der Waals surface area (Å²) in [6.45, 7) is 15.6. The number of carbonyl (C=O) groups is 4. The minimum atomic E-state index is -1.36. The van der Waals surface area contributed by atoms with Gasteiger partial charge in [-0.05, 0) is 86.2 Å². The van der Waals surface area contributed by atoms with Crippen molar-refractivity contribution in [1.29, 1.82) is 0 Å². The number of aliphatic hydroxyl groups is 1. The highest BCUT2D eigenvalue weighted by Crippen LogP contribution is 2.48. The molecule has 0 spiro atoms. The molecule has 2 N–H and O–H groups in total. The SMILES string of the molecule is CC[C@H]1OC(=O)[C@H](C)C(=O)C(C)[C@@H](O[C@@H]2O[C@H](C)C[C@H](N(C)C)[C@H]2O)[C@](C)(OC)C[C@@H](C)C(=O)[C@H](C)[C@H]2C(CNCCCn3cnc(-c4cccnc4)c3)C(=O)O[C@@]21C. The van der Waals surface area contributed by atoms with Gasteiger partial charge in [-0.2, -0.15) is 0 Å². The molecule has 59 heavy (non-hydrogen) atoms. The minimum Gasteiger partial charge on any atom is -0.458 e. The lowest BCUT2D eigenvalue weighted by Gasteiger charge is -2.47. The van der Waals surface area contributed by atoms with Gasteiger partial charge >= 0.3 is 11.9 Å². The quantitative estimate of drug-likeness (QED) is 0.177. The van der Waals surface area contributed by atoms with Crippen molar-refractivity contribution in [3.63, 3.8) is 0 Å². The third-order valence-electron chi connectivity index (χ3n) is 13.2. The summed E-state index contributed by atoms with van der Waals surface area (Å²) in [5, 5.41) is 14.9. The number of nitrogens with zero attached hydrogens (tertiary/aromatic N) is 4. The van der Waals surface area contributed by atoms with Crippen LogP contribution < -0.4 is 5.32 Å². The third kappa shape index (κ3) is 9.97. The van der Waals surface area contributed by atoms with Gasteiger partial charge in [-0.25, -0.2) is 4.98 Å². The van der Waals surface area contributed by atoms with Gasteiger partial charge in [0.15, 0.2) is 17.7 Å². The average Bonchev–Trinajstić information content (AvgIpc) is 3.79. The lowest BCUT2D eigenvalue weighted by Crippen LogP contribution is -2.59. The Labute approximate surface area is 349 Å². The van der Waals surface area contributed by atoms with Gasteiger partial charge in [0.25, 0.3) is 0 Å². The highest BCUT2D eigenvalue weighted by molar-refractivity contribution is 6.00. The first-order valence-electron chi connectivity index (χ1n) is 21.2. The van der Waals surface area contributed by atoms with Crippen molar-refractivity contribution < 1.29 is 48.0 Å². The molecule has 14 atom stereocenters. The molecular formula is C44H67N5O10. The number of ether oxygens (including phenoxy) is 5. The lowest BCUT2D eigenvalue weighted by molar-refractivity contribution is -0.295. The Balaban J connectivity index is 1.40. The summed E-state index contributed by atoms with van der Waals surface area (Å²) >= 11 is 0. The Bertz CT molecular complexity index is 1760. The van der Waals surface area contributed by atoms with Crippen LogP contribution in [0.15, 0.2) is 37.1 Å². The van der Waals surface area contributed by atoms with Gasteiger partial charge in [-0.3, -0.25) is 24.2 Å². The van der Waals surface area contributed by atoms with E-state index in [9.17, 15) is 24.3 Å². The Hall–Kier alpha value is -3.60. The maximum Gasteiger partial charge on any atom is 0.316 e. The lowest BCUT2D eigenvalue weighted by atomic mass is 9.67.